The van der Waals surface area contributed by atoms with Crippen molar-refractivity contribution in [3.05, 3.63) is 41.6 Å². The van der Waals surface area contributed by atoms with E-state index in [2.05, 4.69) is 9.88 Å². The van der Waals surface area contributed by atoms with Gasteiger partial charge in [-0.05, 0) is 75.8 Å². The van der Waals surface area contributed by atoms with Crippen LogP contribution in [-0.4, -0.2) is 67.7 Å². The molecule has 0 spiro atoms. The van der Waals surface area contributed by atoms with E-state index in [0.717, 1.165) is 36.4 Å². The maximum atomic E-state index is 14.1. The van der Waals surface area contributed by atoms with Crippen molar-refractivity contribution < 1.29 is 27.5 Å². The van der Waals surface area contributed by atoms with Gasteiger partial charge in [-0.25, -0.2) is 9.97 Å². The number of aryl methyl sites for hydroxylation is 2. The number of piperidine rings is 1. The average molecular weight is 666 g/mol. The second-order valence-corrected chi connectivity index (χ2v) is 14.0. The summed E-state index contributed by atoms with van der Waals surface area (Å²) in [5.41, 5.74) is 7.75. The molecule has 4 aromatic rings. The third-order valence-corrected chi connectivity index (χ3v) is 11.0. The van der Waals surface area contributed by atoms with E-state index in [9.17, 15) is 22.8 Å². The molecule has 2 aliphatic heterocycles. The van der Waals surface area contributed by atoms with Crippen molar-refractivity contribution in [2.75, 3.05) is 13.7 Å². The molecule has 3 N–H and O–H groups in total. The number of rotatable bonds is 3. The summed E-state index contributed by atoms with van der Waals surface area (Å²) in [6.07, 6.45) is -0.733. The number of amides is 2. The first-order valence-electron chi connectivity index (χ1n) is 16.8. The molecule has 0 radical (unpaired) electrons. The van der Waals surface area contributed by atoms with Crippen LogP contribution < -0.4 is 15.8 Å². The van der Waals surface area contributed by atoms with Crippen LogP contribution in [0.2, 0.25) is 0 Å². The minimum atomic E-state index is -4.67. The normalized spacial score (nSPS) is 26.8. The standard InChI is InChI=1S/C35H42F3N7O3/c1-19-23-11-9-20-16-26(44(30(20)41-23)14-8-6-5-7-13-34(2,33(47)40-19)35(36,37)38)31-42-24-15-22(17-27(48-4)29(24)43(31)3)32(46)45-18-21-10-12-25(45)28(21)39/h9,11,15-17,19,21,25,28H,5-8,10,12-14,18,39H2,1-4H3,(H,40,47)/t19-,21-,25-,28-,34-/m1/s1. The summed E-state index contributed by atoms with van der Waals surface area (Å²) in [6, 6.07) is 8.55. The highest BCUT2D eigenvalue weighted by atomic mass is 19.4. The summed E-state index contributed by atoms with van der Waals surface area (Å²) in [5.74, 6) is 0.436. The van der Waals surface area contributed by atoms with Gasteiger partial charge in [0.1, 0.15) is 22.3 Å². The molecule has 0 unspecified atom stereocenters. The molecule has 3 aliphatic rings. The lowest BCUT2D eigenvalue weighted by Crippen LogP contribution is -2.49. The molecule has 1 aliphatic carbocycles. The highest BCUT2D eigenvalue weighted by Gasteiger charge is 2.56. The monoisotopic (exact) mass is 665 g/mol. The van der Waals surface area contributed by atoms with E-state index in [-0.39, 0.29) is 30.8 Å². The molecule has 2 fully saturated rings. The number of likely N-dealkylation sites (tertiary alicyclic amines) is 1. The van der Waals surface area contributed by atoms with Gasteiger partial charge in [0.25, 0.3) is 5.91 Å². The molecule has 2 amide bonds. The van der Waals surface area contributed by atoms with E-state index < -0.39 is 23.5 Å². The van der Waals surface area contributed by atoms with Crippen LogP contribution in [0.15, 0.2) is 30.3 Å². The number of methoxy groups -OCH3 is 1. The zero-order valence-electron chi connectivity index (χ0n) is 27.7. The lowest BCUT2D eigenvalue weighted by Gasteiger charge is -2.32. The number of ether oxygens (including phenoxy) is 1. The third-order valence-electron chi connectivity index (χ3n) is 11.0. The van der Waals surface area contributed by atoms with Crippen LogP contribution in [0.4, 0.5) is 13.2 Å². The number of nitrogens with one attached hydrogen (secondary N) is 1. The number of nitrogens with two attached hydrogens (primary N) is 1. The number of carbonyl (C=O) groups excluding carboxylic acids is 2. The van der Waals surface area contributed by atoms with E-state index in [1.807, 2.05) is 34.7 Å². The molecule has 10 nitrogen and oxygen atoms in total. The van der Waals surface area contributed by atoms with Gasteiger partial charge in [0, 0.05) is 43.2 Å². The van der Waals surface area contributed by atoms with E-state index in [4.69, 9.17) is 20.4 Å². The lowest BCUT2D eigenvalue weighted by atomic mass is 9.82. The number of imidazole rings is 1. The molecule has 4 bridgehead atoms. The molecule has 7 rings (SSSR count). The van der Waals surface area contributed by atoms with Gasteiger partial charge in [0.05, 0.1) is 30.1 Å². The average Bonchev–Trinajstić information content (AvgIpc) is 3.79. The molecule has 3 aromatic heterocycles. The Kier molecular flexibility index (Phi) is 7.96. The number of alkyl halides is 3. The Morgan fingerprint density at radius 1 is 1.10 bits per heavy atom. The fourth-order valence-electron chi connectivity index (χ4n) is 7.98. The SMILES string of the molecule is COc1cc(C(=O)N2C[C@H]3CC[C@@H]2[C@@H]3N)cc2nc(-c3cc4ccc5nc4n3CCCCCC[C@@](C)(C(F)(F)F)C(=O)N[C@@H]5C)n(C)c12. The first-order chi connectivity index (χ1) is 22.8. The van der Waals surface area contributed by atoms with E-state index in [1.54, 1.807) is 26.2 Å². The number of fused-ring (bicyclic) bond motifs is 4. The molecule has 5 heterocycles. The van der Waals surface area contributed by atoms with Crippen LogP contribution in [0.1, 0.15) is 80.9 Å². The van der Waals surface area contributed by atoms with Gasteiger partial charge in [-0.2, -0.15) is 13.2 Å². The molecule has 5 atom stereocenters. The summed E-state index contributed by atoms with van der Waals surface area (Å²) in [7, 11) is 3.49. The number of hydrogen-bond acceptors (Lipinski definition) is 6. The predicted molar refractivity (Wildman–Crippen MR) is 175 cm³/mol. The first-order valence-corrected chi connectivity index (χ1v) is 16.8. The van der Waals surface area contributed by atoms with Crippen molar-refractivity contribution in [3.63, 3.8) is 0 Å². The molecule has 48 heavy (non-hydrogen) atoms. The maximum Gasteiger partial charge on any atom is 0.402 e. The molecular weight excluding hydrogens is 623 g/mol. The number of pyridine rings is 1. The lowest BCUT2D eigenvalue weighted by molar-refractivity contribution is -0.219. The quantitative estimate of drug-likeness (QED) is 0.283. The number of nitrogens with zero attached hydrogens (tertiary/aromatic N) is 5. The highest BCUT2D eigenvalue weighted by Crippen LogP contribution is 2.43. The van der Waals surface area contributed by atoms with Crippen molar-refractivity contribution in [1.29, 1.82) is 0 Å². The maximum absolute atomic E-state index is 14.1. The van der Waals surface area contributed by atoms with Crippen molar-refractivity contribution in [2.24, 2.45) is 24.1 Å². The summed E-state index contributed by atoms with van der Waals surface area (Å²) < 4.78 is 52.2. The Labute approximate surface area is 276 Å². The second-order valence-electron chi connectivity index (χ2n) is 14.0. The van der Waals surface area contributed by atoms with Gasteiger partial charge >= 0.3 is 6.18 Å². The minimum absolute atomic E-state index is 0.0132. The van der Waals surface area contributed by atoms with Crippen LogP contribution in [0.5, 0.6) is 5.75 Å². The van der Waals surface area contributed by atoms with Crippen molar-refractivity contribution in [1.82, 2.24) is 29.3 Å². The Hall–Kier alpha value is -4.13. The Morgan fingerprint density at radius 2 is 1.88 bits per heavy atom. The number of benzene rings is 1. The van der Waals surface area contributed by atoms with Crippen LogP contribution in [-0.2, 0) is 18.4 Å². The molecule has 1 aromatic carbocycles. The van der Waals surface area contributed by atoms with Crippen LogP contribution in [0.25, 0.3) is 33.6 Å². The van der Waals surface area contributed by atoms with E-state index in [1.165, 1.54) is 0 Å². The van der Waals surface area contributed by atoms with Crippen LogP contribution >= 0.6 is 0 Å². The highest BCUT2D eigenvalue weighted by molar-refractivity contribution is 6.00. The fourth-order valence-corrected chi connectivity index (χ4v) is 7.98. The van der Waals surface area contributed by atoms with Crippen molar-refractivity contribution in [2.45, 2.75) is 89.6 Å². The van der Waals surface area contributed by atoms with Crippen molar-refractivity contribution >= 4 is 33.9 Å². The van der Waals surface area contributed by atoms with Crippen molar-refractivity contribution in [3.8, 4) is 17.3 Å². The van der Waals surface area contributed by atoms with Gasteiger partial charge in [-0.3, -0.25) is 9.59 Å². The molecule has 1 saturated carbocycles. The fraction of sp³-hybridized carbons (Fsp3) is 0.543. The first kappa shape index (κ1) is 32.4. The zero-order valence-corrected chi connectivity index (χ0v) is 27.7. The summed E-state index contributed by atoms with van der Waals surface area (Å²) in [6.45, 7) is 3.89. The summed E-state index contributed by atoms with van der Waals surface area (Å²) >= 11 is 0. The minimum Gasteiger partial charge on any atom is -0.494 e. The van der Waals surface area contributed by atoms with E-state index in [0.29, 0.717) is 72.3 Å². The van der Waals surface area contributed by atoms with Gasteiger partial charge in [0.15, 0.2) is 5.82 Å². The Balaban J connectivity index is 1.29. The Morgan fingerprint density at radius 3 is 2.56 bits per heavy atom. The second kappa shape index (κ2) is 11.8. The van der Waals surface area contributed by atoms with Gasteiger partial charge in [-0.1, -0.05) is 19.3 Å². The number of aromatic nitrogens is 4. The topological polar surface area (TPSA) is 120 Å². The number of hydrogen-bond donors (Lipinski definition) is 2. The Bertz CT molecular complexity index is 1920. The van der Waals surface area contributed by atoms with Gasteiger partial charge in [-0.15, -0.1) is 0 Å². The van der Waals surface area contributed by atoms with Gasteiger partial charge in [0.2, 0.25) is 5.91 Å². The third kappa shape index (κ3) is 5.12. The molecular formula is C35H42F3N7O3. The van der Waals surface area contributed by atoms with E-state index >= 15 is 0 Å². The summed E-state index contributed by atoms with van der Waals surface area (Å²) in [5, 5.41) is 3.44. The molecule has 1 saturated heterocycles. The largest absolute Gasteiger partial charge is 0.494 e. The predicted octanol–water partition coefficient (Wildman–Crippen LogP) is 5.87. The number of halogens is 3. The van der Waals surface area contributed by atoms with Crippen LogP contribution in [0.3, 0.4) is 0 Å². The zero-order chi connectivity index (χ0) is 34.1. The smallest absolute Gasteiger partial charge is 0.402 e. The van der Waals surface area contributed by atoms with Crippen LogP contribution in [0, 0.1) is 11.3 Å². The summed E-state index contributed by atoms with van der Waals surface area (Å²) in [4.78, 5) is 38.6. The molecule has 13 heteroatoms. The number of carbonyl (C=O) groups is 2. The molecule has 256 valence electrons. The van der Waals surface area contributed by atoms with Gasteiger partial charge < -0.3 is 29.8 Å².